The first-order valence-corrected chi connectivity index (χ1v) is 10.6. The molecule has 1 atom stereocenters. The Morgan fingerprint density at radius 1 is 1.12 bits per heavy atom. The van der Waals surface area contributed by atoms with Gasteiger partial charge in [-0.2, -0.15) is 0 Å². The fourth-order valence-corrected chi connectivity index (χ4v) is 3.84. The summed E-state index contributed by atoms with van der Waals surface area (Å²) in [6.07, 6.45) is 2.40. The number of carbonyl (C=O) groups excluding carboxylic acids is 2. The second-order valence-corrected chi connectivity index (χ2v) is 7.73. The molecule has 1 aromatic heterocycles. The van der Waals surface area contributed by atoms with E-state index in [1.165, 1.54) is 29.2 Å². The number of anilines is 1. The molecule has 168 valence electrons. The number of hydrogen-bond acceptors (Lipinski definition) is 5. The highest BCUT2D eigenvalue weighted by Gasteiger charge is 2.47. The average molecular weight is 446 g/mol. The summed E-state index contributed by atoms with van der Waals surface area (Å²) in [7, 11) is 0. The zero-order chi connectivity index (χ0) is 23.5. The van der Waals surface area contributed by atoms with E-state index in [0.717, 1.165) is 12.0 Å². The molecule has 0 aliphatic carbocycles. The molecule has 3 aromatic rings. The molecule has 0 saturated carbocycles. The molecule has 6 nitrogen and oxygen atoms in total. The highest BCUT2D eigenvalue weighted by Crippen LogP contribution is 2.41. The zero-order valence-corrected chi connectivity index (χ0v) is 18.3. The average Bonchev–Trinajstić information content (AvgIpc) is 3.09. The van der Waals surface area contributed by atoms with Crippen LogP contribution in [0.15, 0.2) is 72.4 Å². The van der Waals surface area contributed by atoms with Crippen molar-refractivity contribution in [3.63, 3.8) is 0 Å². The van der Waals surface area contributed by atoms with Gasteiger partial charge in [-0.15, -0.1) is 0 Å². The molecule has 2 heterocycles. The summed E-state index contributed by atoms with van der Waals surface area (Å²) in [4.78, 5) is 31.7. The van der Waals surface area contributed by atoms with Gasteiger partial charge in [0.1, 0.15) is 23.4 Å². The van der Waals surface area contributed by atoms with Crippen molar-refractivity contribution in [2.75, 3.05) is 11.5 Å². The Hall–Kier alpha value is -4.00. The lowest BCUT2D eigenvalue weighted by atomic mass is 9.97. The number of ether oxygens (including phenoxy) is 1. The van der Waals surface area contributed by atoms with Crippen LogP contribution in [0.5, 0.6) is 5.75 Å². The van der Waals surface area contributed by atoms with Crippen molar-refractivity contribution in [2.24, 2.45) is 0 Å². The number of aliphatic hydroxyl groups excluding tert-OH is 1. The highest BCUT2D eigenvalue weighted by molar-refractivity contribution is 6.51. The molecular formula is C26H23FN2O4. The Bertz CT molecular complexity index is 1220. The van der Waals surface area contributed by atoms with Gasteiger partial charge in [0.05, 0.1) is 17.9 Å². The number of aromatic nitrogens is 1. The van der Waals surface area contributed by atoms with Crippen molar-refractivity contribution < 1.29 is 23.8 Å². The molecule has 1 fully saturated rings. The number of carbonyl (C=O) groups is 2. The Morgan fingerprint density at radius 3 is 2.52 bits per heavy atom. The minimum atomic E-state index is -0.965. The first-order valence-electron chi connectivity index (χ1n) is 10.6. The lowest BCUT2D eigenvalue weighted by molar-refractivity contribution is -0.132. The molecule has 0 bridgehead atoms. The molecule has 33 heavy (non-hydrogen) atoms. The molecule has 1 N–H and O–H groups in total. The van der Waals surface area contributed by atoms with E-state index in [-0.39, 0.29) is 11.3 Å². The minimum Gasteiger partial charge on any atom is -0.507 e. The van der Waals surface area contributed by atoms with E-state index >= 15 is 0 Å². The van der Waals surface area contributed by atoms with E-state index in [9.17, 15) is 19.1 Å². The summed E-state index contributed by atoms with van der Waals surface area (Å²) in [5.74, 6) is -1.75. The van der Waals surface area contributed by atoms with E-state index in [2.05, 4.69) is 4.98 Å². The van der Waals surface area contributed by atoms with Gasteiger partial charge in [-0.25, -0.2) is 4.39 Å². The van der Waals surface area contributed by atoms with E-state index in [1.54, 1.807) is 42.6 Å². The first-order chi connectivity index (χ1) is 15.9. The topological polar surface area (TPSA) is 79.7 Å². The Morgan fingerprint density at radius 2 is 1.88 bits per heavy atom. The van der Waals surface area contributed by atoms with E-state index in [0.29, 0.717) is 29.3 Å². The van der Waals surface area contributed by atoms with E-state index < -0.39 is 23.5 Å². The Labute approximate surface area is 191 Å². The normalized spacial score (nSPS) is 17.4. The van der Waals surface area contributed by atoms with Gasteiger partial charge in [-0.05, 0) is 73.5 Å². The largest absolute Gasteiger partial charge is 0.507 e. The number of ketones is 1. The standard InChI is InChI=1S/C26H23FN2O4/c1-3-14-33-21-12-7-17(15-16(21)2)24(30)22-23(20-6-4-5-13-28-20)29(26(32)25(22)31)19-10-8-18(27)9-11-19/h4-13,15,23,30H,3,14H2,1-2H3/b24-22-. The lowest BCUT2D eigenvalue weighted by Crippen LogP contribution is -2.29. The number of amides is 1. The van der Waals surface area contributed by atoms with Gasteiger partial charge in [0.15, 0.2) is 0 Å². The maximum Gasteiger partial charge on any atom is 0.300 e. The van der Waals surface area contributed by atoms with Gasteiger partial charge in [-0.3, -0.25) is 19.5 Å². The molecule has 1 aliphatic rings. The molecule has 0 spiro atoms. The maximum absolute atomic E-state index is 13.5. The fourth-order valence-electron chi connectivity index (χ4n) is 3.84. The molecule has 2 aromatic carbocycles. The van der Waals surface area contributed by atoms with Crippen molar-refractivity contribution in [1.82, 2.24) is 4.98 Å². The fraction of sp³-hybridized carbons (Fsp3) is 0.192. The number of aliphatic hydroxyl groups is 1. The molecule has 7 heteroatoms. The number of aryl methyl sites for hydroxylation is 1. The summed E-state index contributed by atoms with van der Waals surface area (Å²) in [6.45, 7) is 4.41. The van der Waals surface area contributed by atoms with Crippen molar-refractivity contribution in [3.8, 4) is 5.75 Å². The SMILES string of the molecule is CCCOc1ccc(/C(O)=C2/C(=O)C(=O)N(c3ccc(F)cc3)C2c2ccccn2)cc1C. The number of hydrogen-bond donors (Lipinski definition) is 1. The predicted octanol–water partition coefficient (Wildman–Crippen LogP) is 4.94. The van der Waals surface area contributed by atoms with Crippen molar-refractivity contribution in [1.29, 1.82) is 0 Å². The van der Waals surface area contributed by atoms with Crippen LogP contribution >= 0.6 is 0 Å². The third-order valence-corrected chi connectivity index (χ3v) is 5.43. The molecule has 1 amide bonds. The lowest BCUT2D eigenvalue weighted by Gasteiger charge is -2.24. The second-order valence-electron chi connectivity index (χ2n) is 7.73. The monoisotopic (exact) mass is 446 g/mol. The van der Waals surface area contributed by atoms with E-state index in [1.807, 2.05) is 13.8 Å². The molecule has 1 saturated heterocycles. The van der Waals surface area contributed by atoms with Crippen LogP contribution in [0.3, 0.4) is 0 Å². The van der Waals surface area contributed by atoms with Crippen LogP contribution < -0.4 is 9.64 Å². The van der Waals surface area contributed by atoms with Crippen LogP contribution in [0.4, 0.5) is 10.1 Å². The van der Waals surface area contributed by atoms with Gasteiger partial charge < -0.3 is 9.84 Å². The molecular weight excluding hydrogens is 423 g/mol. The van der Waals surface area contributed by atoms with Crippen LogP contribution in [0.1, 0.15) is 36.2 Å². The number of halogens is 1. The van der Waals surface area contributed by atoms with Gasteiger partial charge in [-0.1, -0.05) is 13.0 Å². The van der Waals surface area contributed by atoms with Gasteiger partial charge in [0.25, 0.3) is 11.7 Å². The van der Waals surface area contributed by atoms with E-state index in [4.69, 9.17) is 4.74 Å². The van der Waals surface area contributed by atoms with Crippen molar-refractivity contribution in [2.45, 2.75) is 26.3 Å². The predicted molar refractivity (Wildman–Crippen MR) is 122 cm³/mol. The maximum atomic E-state index is 13.5. The van der Waals surface area contributed by atoms with Crippen molar-refractivity contribution in [3.05, 3.63) is 95.1 Å². The third kappa shape index (κ3) is 4.22. The van der Waals surface area contributed by atoms with Crippen LogP contribution in [0.25, 0.3) is 5.76 Å². The highest BCUT2D eigenvalue weighted by atomic mass is 19.1. The van der Waals surface area contributed by atoms with Gasteiger partial charge in [0, 0.05) is 17.4 Å². The summed E-state index contributed by atoms with van der Waals surface area (Å²) in [6, 6.07) is 14.5. The molecule has 1 unspecified atom stereocenters. The third-order valence-electron chi connectivity index (χ3n) is 5.43. The second kappa shape index (κ2) is 9.24. The van der Waals surface area contributed by atoms with Gasteiger partial charge >= 0.3 is 0 Å². The first kappa shape index (κ1) is 22.2. The number of benzene rings is 2. The summed E-state index contributed by atoms with van der Waals surface area (Å²) < 4.78 is 19.2. The molecule has 1 aliphatic heterocycles. The molecule has 4 rings (SSSR count). The van der Waals surface area contributed by atoms with Crippen molar-refractivity contribution >= 4 is 23.1 Å². The number of rotatable bonds is 6. The van der Waals surface area contributed by atoms with Crippen LogP contribution in [0, 0.1) is 12.7 Å². The number of nitrogens with zero attached hydrogens (tertiary/aromatic N) is 2. The molecule has 0 radical (unpaired) electrons. The zero-order valence-electron chi connectivity index (χ0n) is 18.3. The number of Topliss-reactive ketones (excluding diaryl/α,β-unsaturated/α-hetero) is 1. The Kier molecular flexibility index (Phi) is 6.22. The van der Waals surface area contributed by atoms with Crippen LogP contribution in [-0.4, -0.2) is 28.4 Å². The minimum absolute atomic E-state index is 0.0790. The van der Waals surface area contributed by atoms with Gasteiger partial charge in [0.2, 0.25) is 0 Å². The summed E-state index contributed by atoms with van der Waals surface area (Å²) in [5, 5.41) is 11.2. The summed E-state index contributed by atoms with van der Waals surface area (Å²) >= 11 is 0. The van der Waals surface area contributed by atoms with Crippen LogP contribution in [0.2, 0.25) is 0 Å². The van der Waals surface area contributed by atoms with Crippen LogP contribution in [-0.2, 0) is 9.59 Å². The Balaban J connectivity index is 1.85. The quantitative estimate of drug-likeness (QED) is 0.329. The summed E-state index contributed by atoms with van der Waals surface area (Å²) in [5.41, 5.74) is 1.82. The smallest absolute Gasteiger partial charge is 0.300 e. The number of pyridine rings is 1.